The van der Waals surface area contributed by atoms with Gasteiger partial charge >= 0.3 is 12.1 Å². The molecule has 1 aliphatic rings. The zero-order chi connectivity index (χ0) is 20.2. The van der Waals surface area contributed by atoms with Crippen molar-refractivity contribution in [2.24, 2.45) is 5.41 Å². The van der Waals surface area contributed by atoms with Gasteiger partial charge in [-0.15, -0.1) is 0 Å². The Kier molecular flexibility index (Phi) is 6.07. The van der Waals surface area contributed by atoms with Crippen molar-refractivity contribution < 1.29 is 22.7 Å². The molecule has 2 heterocycles. The average Bonchev–Trinajstić information content (AvgIpc) is 3.16. The van der Waals surface area contributed by atoms with Gasteiger partial charge in [-0.25, -0.2) is 4.98 Å². The van der Waals surface area contributed by atoms with Crippen LogP contribution in [0.2, 0.25) is 0 Å². The Morgan fingerprint density at radius 1 is 1.32 bits per heavy atom. The van der Waals surface area contributed by atoms with Gasteiger partial charge < -0.3 is 9.72 Å². The molecule has 1 aliphatic heterocycles. The number of hydrogen-bond acceptors (Lipinski definition) is 4. The molecule has 0 saturated carbocycles. The van der Waals surface area contributed by atoms with E-state index in [1.807, 2.05) is 0 Å². The molecule has 0 unspecified atom stereocenters. The third-order valence-electron chi connectivity index (χ3n) is 5.27. The van der Waals surface area contributed by atoms with Gasteiger partial charge in [0.25, 0.3) is 0 Å². The number of piperidine rings is 1. The lowest BCUT2D eigenvalue weighted by molar-refractivity contribution is -0.158. The summed E-state index contributed by atoms with van der Waals surface area (Å²) < 4.78 is 44.4. The van der Waals surface area contributed by atoms with Crippen LogP contribution >= 0.6 is 0 Å². The number of rotatable bonds is 6. The van der Waals surface area contributed by atoms with Gasteiger partial charge in [0.1, 0.15) is 0 Å². The van der Waals surface area contributed by atoms with Crippen LogP contribution in [0.1, 0.15) is 36.6 Å². The quantitative estimate of drug-likeness (QED) is 0.756. The molecule has 0 atom stereocenters. The number of halogens is 3. The highest BCUT2D eigenvalue weighted by Crippen LogP contribution is 2.38. The number of carbonyl (C=O) groups excluding carboxylic acids is 1. The number of carbonyl (C=O) groups is 1. The van der Waals surface area contributed by atoms with Crippen LogP contribution in [0.25, 0.3) is 0 Å². The lowest BCUT2D eigenvalue weighted by atomic mass is 9.73. The summed E-state index contributed by atoms with van der Waals surface area (Å²) >= 11 is 0. The normalized spacial score (nSPS) is 17.4. The number of hydrogen-bond donors (Lipinski definition) is 1. The summed E-state index contributed by atoms with van der Waals surface area (Å²) in [6.45, 7) is 4.01. The van der Waals surface area contributed by atoms with Crippen molar-refractivity contribution in [3.05, 3.63) is 53.6 Å². The molecule has 152 valence electrons. The molecular formula is C20H24F3N3O2. The molecule has 5 nitrogen and oxygen atoms in total. The Labute approximate surface area is 161 Å². The molecule has 0 aliphatic carbocycles. The Morgan fingerprint density at radius 2 is 2.07 bits per heavy atom. The van der Waals surface area contributed by atoms with E-state index in [0.29, 0.717) is 38.0 Å². The van der Waals surface area contributed by atoms with E-state index in [-0.39, 0.29) is 19.0 Å². The number of nitrogens with zero attached hydrogens (tertiary/aromatic N) is 2. The summed E-state index contributed by atoms with van der Waals surface area (Å²) in [4.78, 5) is 22.0. The fraction of sp³-hybridized carbons (Fsp3) is 0.500. The molecule has 3 rings (SSSR count). The van der Waals surface area contributed by atoms with Crippen LogP contribution < -0.4 is 0 Å². The lowest BCUT2D eigenvalue weighted by Gasteiger charge is -2.40. The summed E-state index contributed by atoms with van der Waals surface area (Å²) in [6.07, 6.45) is 0.298. The van der Waals surface area contributed by atoms with E-state index in [0.717, 1.165) is 17.8 Å². The standard InChI is InChI=1S/C20H24F3N3O2/c1-2-28-18(27)19(11-15-4-3-5-16(10-15)20(21,22)23)6-8-26(9-7-19)13-17-12-24-14-25-17/h3-5,10,12,14H,2,6-9,11,13H2,1H3,(H,24,25). The summed E-state index contributed by atoms with van der Waals surface area (Å²) in [5, 5.41) is 0. The van der Waals surface area contributed by atoms with Gasteiger partial charge in [0, 0.05) is 18.4 Å². The summed E-state index contributed by atoms with van der Waals surface area (Å²) in [7, 11) is 0. The zero-order valence-electron chi connectivity index (χ0n) is 15.8. The zero-order valence-corrected chi connectivity index (χ0v) is 15.8. The number of likely N-dealkylation sites (tertiary alicyclic amines) is 1. The highest BCUT2D eigenvalue weighted by atomic mass is 19.4. The highest BCUT2D eigenvalue weighted by molar-refractivity contribution is 5.77. The Balaban J connectivity index is 1.76. The summed E-state index contributed by atoms with van der Waals surface area (Å²) in [6, 6.07) is 5.23. The third-order valence-corrected chi connectivity index (χ3v) is 5.27. The molecule has 1 aromatic heterocycles. The van der Waals surface area contributed by atoms with Crippen molar-refractivity contribution in [2.75, 3.05) is 19.7 Å². The van der Waals surface area contributed by atoms with Gasteiger partial charge in [-0.05, 0) is 50.9 Å². The van der Waals surface area contributed by atoms with Crippen molar-refractivity contribution in [1.82, 2.24) is 14.9 Å². The minimum Gasteiger partial charge on any atom is -0.466 e. The van der Waals surface area contributed by atoms with E-state index in [2.05, 4.69) is 14.9 Å². The van der Waals surface area contributed by atoms with E-state index in [1.165, 1.54) is 6.07 Å². The Morgan fingerprint density at radius 3 is 2.68 bits per heavy atom. The topological polar surface area (TPSA) is 58.2 Å². The van der Waals surface area contributed by atoms with Crippen LogP contribution in [0.15, 0.2) is 36.8 Å². The molecule has 1 saturated heterocycles. The first-order valence-corrected chi connectivity index (χ1v) is 9.35. The minimum absolute atomic E-state index is 0.244. The molecule has 1 N–H and O–H groups in total. The predicted molar refractivity (Wildman–Crippen MR) is 97.3 cm³/mol. The number of H-pyrrole nitrogens is 1. The van der Waals surface area contributed by atoms with Crippen molar-refractivity contribution >= 4 is 5.97 Å². The molecule has 0 radical (unpaired) electrons. The van der Waals surface area contributed by atoms with Gasteiger partial charge in [-0.1, -0.05) is 18.2 Å². The maximum absolute atomic E-state index is 13.0. The fourth-order valence-corrected chi connectivity index (χ4v) is 3.74. The summed E-state index contributed by atoms with van der Waals surface area (Å²) in [5.74, 6) is -0.325. The largest absolute Gasteiger partial charge is 0.466 e. The molecule has 8 heteroatoms. The maximum Gasteiger partial charge on any atom is 0.416 e. The first-order valence-electron chi connectivity index (χ1n) is 9.35. The molecule has 0 amide bonds. The number of nitrogens with one attached hydrogen (secondary N) is 1. The van der Waals surface area contributed by atoms with Crippen LogP contribution in [0, 0.1) is 5.41 Å². The molecule has 0 spiro atoms. The number of ether oxygens (including phenoxy) is 1. The van der Waals surface area contributed by atoms with Gasteiger partial charge in [0.15, 0.2) is 0 Å². The van der Waals surface area contributed by atoms with Crippen molar-refractivity contribution in [2.45, 2.75) is 38.9 Å². The minimum atomic E-state index is -4.40. The van der Waals surface area contributed by atoms with Crippen molar-refractivity contribution in [3.8, 4) is 0 Å². The van der Waals surface area contributed by atoms with E-state index >= 15 is 0 Å². The molecule has 1 aromatic carbocycles. The number of benzene rings is 1. The van der Waals surface area contributed by atoms with Crippen LogP contribution in [-0.4, -0.2) is 40.5 Å². The molecule has 2 aromatic rings. The SMILES string of the molecule is CCOC(=O)C1(Cc2cccc(C(F)(F)F)c2)CCN(Cc2cnc[nH]2)CC1. The average molecular weight is 395 g/mol. The van der Waals surface area contributed by atoms with Gasteiger partial charge in [-0.3, -0.25) is 9.69 Å². The molecule has 0 bridgehead atoms. The maximum atomic E-state index is 13.0. The molecule has 28 heavy (non-hydrogen) atoms. The summed E-state index contributed by atoms with van der Waals surface area (Å²) in [5.41, 5.74) is -0.00264. The lowest BCUT2D eigenvalue weighted by Crippen LogP contribution is -2.46. The van der Waals surface area contributed by atoms with E-state index in [1.54, 1.807) is 25.5 Å². The second-order valence-corrected chi connectivity index (χ2v) is 7.23. The molecule has 1 fully saturated rings. The second kappa shape index (κ2) is 8.34. The number of aromatic amines is 1. The van der Waals surface area contributed by atoms with Crippen molar-refractivity contribution in [3.63, 3.8) is 0 Å². The van der Waals surface area contributed by atoms with Gasteiger partial charge in [0.2, 0.25) is 0 Å². The predicted octanol–water partition coefficient (Wildman–Crippen LogP) is 3.82. The van der Waals surface area contributed by atoms with Gasteiger partial charge in [-0.2, -0.15) is 13.2 Å². The highest BCUT2D eigenvalue weighted by Gasteiger charge is 2.43. The van der Waals surface area contributed by atoms with Crippen LogP contribution in [0.5, 0.6) is 0 Å². The smallest absolute Gasteiger partial charge is 0.416 e. The van der Waals surface area contributed by atoms with E-state index in [9.17, 15) is 18.0 Å². The van der Waals surface area contributed by atoms with E-state index < -0.39 is 17.2 Å². The first-order chi connectivity index (χ1) is 13.3. The number of imidazole rings is 1. The first kappa shape index (κ1) is 20.4. The number of alkyl halides is 3. The van der Waals surface area contributed by atoms with E-state index in [4.69, 9.17) is 4.74 Å². The third kappa shape index (κ3) is 4.73. The number of aromatic nitrogens is 2. The van der Waals surface area contributed by atoms with Crippen LogP contribution in [0.4, 0.5) is 13.2 Å². The van der Waals surface area contributed by atoms with Crippen LogP contribution in [0.3, 0.4) is 0 Å². The van der Waals surface area contributed by atoms with Crippen molar-refractivity contribution in [1.29, 1.82) is 0 Å². The number of esters is 1. The van der Waals surface area contributed by atoms with Gasteiger partial charge in [0.05, 0.1) is 23.9 Å². The van der Waals surface area contributed by atoms with Crippen LogP contribution in [-0.2, 0) is 28.7 Å². The molecular weight excluding hydrogens is 371 g/mol. The second-order valence-electron chi connectivity index (χ2n) is 7.23. The fourth-order valence-electron chi connectivity index (χ4n) is 3.74. The monoisotopic (exact) mass is 395 g/mol. The Hall–Kier alpha value is -2.35. The Bertz CT molecular complexity index is 782.